The van der Waals surface area contributed by atoms with Crippen LogP contribution < -0.4 is 5.56 Å². The van der Waals surface area contributed by atoms with Gasteiger partial charge in [0.1, 0.15) is 6.04 Å². The van der Waals surface area contributed by atoms with Crippen LogP contribution in [0.4, 0.5) is 0 Å². The van der Waals surface area contributed by atoms with Crippen molar-refractivity contribution in [3.8, 4) is 23.5 Å². The molecule has 1 atom stereocenters. The van der Waals surface area contributed by atoms with E-state index in [1.54, 1.807) is 24.3 Å². The van der Waals surface area contributed by atoms with Crippen molar-refractivity contribution < 1.29 is 9.90 Å². The standard InChI is InChI=1S/C16H12ClNO3/c1-3-11-4-5-13(17)9-14(11)12-6-7-18(15(19)8-12)10(2)16(20)21/h1,4-10H,2H3,(H,20,21). The number of carboxylic acids is 1. The molecule has 21 heavy (non-hydrogen) atoms. The number of rotatable bonds is 3. The van der Waals surface area contributed by atoms with Gasteiger partial charge in [-0.05, 0) is 42.3 Å². The average Bonchev–Trinajstić information content (AvgIpc) is 2.46. The van der Waals surface area contributed by atoms with E-state index < -0.39 is 17.6 Å². The first-order valence-corrected chi connectivity index (χ1v) is 6.53. The topological polar surface area (TPSA) is 59.3 Å². The second kappa shape index (κ2) is 5.86. The van der Waals surface area contributed by atoms with Crippen molar-refractivity contribution in [2.45, 2.75) is 13.0 Å². The predicted molar refractivity (Wildman–Crippen MR) is 81.4 cm³/mol. The van der Waals surface area contributed by atoms with Crippen molar-refractivity contribution in [2.24, 2.45) is 0 Å². The average molecular weight is 302 g/mol. The van der Waals surface area contributed by atoms with E-state index in [0.717, 1.165) is 4.57 Å². The molecule has 106 valence electrons. The molecular formula is C16H12ClNO3. The summed E-state index contributed by atoms with van der Waals surface area (Å²) in [4.78, 5) is 23.0. The number of carboxylic acid groups (broad SMARTS) is 1. The van der Waals surface area contributed by atoms with Crippen LogP contribution in [0.25, 0.3) is 11.1 Å². The minimum Gasteiger partial charge on any atom is -0.480 e. The summed E-state index contributed by atoms with van der Waals surface area (Å²) >= 11 is 5.96. The number of halogens is 1. The summed E-state index contributed by atoms with van der Waals surface area (Å²) in [5.74, 6) is 1.46. The lowest BCUT2D eigenvalue weighted by molar-refractivity contribution is -0.140. The van der Waals surface area contributed by atoms with Crippen LogP contribution in [0.15, 0.2) is 41.3 Å². The largest absolute Gasteiger partial charge is 0.480 e. The number of carbonyl (C=O) groups is 1. The van der Waals surface area contributed by atoms with E-state index in [0.29, 0.717) is 21.7 Å². The molecule has 4 nitrogen and oxygen atoms in total. The molecule has 0 saturated carbocycles. The molecule has 1 aromatic carbocycles. The Balaban J connectivity index is 2.56. The van der Waals surface area contributed by atoms with Gasteiger partial charge in [0.15, 0.2) is 0 Å². The van der Waals surface area contributed by atoms with Gasteiger partial charge in [0.05, 0.1) is 0 Å². The van der Waals surface area contributed by atoms with Gasteiger partial charge in [-0.15, -0.1) is 6.42 Å². The maximum Gasteiger partial charge on any atom is 0.326 e. The molecule has 0 radical (unpaired) electrons. The van der Waals surface area contributed by atoms with Crippen molar-refractivity contribution in [1.29, 1.82) is 0 Å². The quantitative estimate of drug-likeness (QED) is 0.887. The van der Waals surface area contributed by atoms with Crippen LogP contribution in [-0.2, 0) is 4.79 Å². The van der Waals surface area contributed by atoms with Crippen LogP contribution >= 0.6 is 11.6 Å². The minimum absolute atomic E-state index is 0.412. The zero-order valence-corrected chi connectivity index (χ0v) is 12.0. The Kier molecular flexibility index (Phi) is 4.15. The van der Waals surface area contributed by atoms with Gasteiger partial charge in [-0.3, -0.25) is 4.79 Å². The summed E-state index contributed by atoms with van der Waals surface area (Å²) in [5.41, 5.74) is 1.47. The molecule has 0 fully saturated rings. The Hall–Kier alpha value is -2.51. The van der Waals surface area contributed by atoms with E-state index >= 15 is 0 Å². The number of aromatic nitrogens is 1. The highest BCUT2D eigenvalue weighted by molar-refractivity contribution is 6.30. The van der Waals surface area contributed by atoms with Gasteiger partial charge in [0.2, 0.25) is 0 Å². The van der Waals surface area contributed by atoms with Crippen molar-refractivity contribution in [1.82, 2.24) is 4.57 Å². The van der Waals surface area contributed by atoms with E-state index in [-0.39, 0.29) is 0 Å². The number of hydrogen-bond donors (Lipinski definition) is 1. The molecule has 1 unspecified atom stereocenters. The van der Waals surface area contributed by atoms with E-state index in [4.69, 9.17) is 23.1 Å². The molecule has 0 saturated heterocycles. The third kappa shape index (κ3) is 2.99. The lowest BCUT2D eigenvalue weighted by atomic mass is 10.0. The lowest BCUT2D eigenvalue weighted by Gasteiger charge is -2.12. The normalized spacial score (nSPS) is 11.7. The molecule has 2 rings (SSSR count). The summed E-state index contributed by atoms with van der Waals surface area (Å²) in [7, 11) is 0. The van der Waals surface area contributed by atoms with Crippen LogP contribution in [0, 0.1) is 12.3 Å². The van der Waals surface area contributed by atoms with Gasteiger partial charge >= 0.3 is 5.97 Å². The monoisotopic (exact) mass is 301 g/mol. The third-order valence-corrected chi connectivity index (χ3v) is 3.41. The van der Waals surface area contributed by atoms with Crippen LogP contribution in [0.3, 0.4) is 0 Å². The Morgan fingerprint density at radius 3 is 2.67 bits per heavy atom. The van der Waals surface area contributed by atoms with Gasteiger partial charge in [0, 0.05) is 22.8 Å². The van der Waals surface area contributed by atoms with E-state index in [9.17, 15) is 9.59 Å². The molecule has 0 aliphatic carbocycles. The van der Waals surface area contributed by atoms with Crippen LogP contribution in [0.1, 0.15) is 18.5 Å². The molecule has 5 heteroatoms. The molecule has 0 aliphatic heterocycles. The number of benzene rings is 1. The highest BCUT2D eigenvalue weighted by Gasteiger charge is 2.15. The second-order valence-electron chi connectivity index (χ2n) is 4.51. The number of pyridine rings is 1. The first kappa shape index (κ1) is 14.9. The Morgan fingerprint density at radius 1 is 1.38 bits per heavy atom. The molecular weight excluding hydrogens is 290 g/mol. The number of terminal acetylenes is 1. The molecule has 0 aliphatic rings. The van der Waals surface area contributed by atoms with Crippen molar-refractivity contribution in [3.05, 3.63) is 57.5 Å². The molecule has 0 amide bonds. The van der Waals surface area contributed by atoms with E-state index in [2.05, 4.69) is 5.92 Å². The van der Waals surface area contributed by atoms with Gasteiger partial charge in [-0.1, -0.05) is 17.5 Å². The number of hydrogen-bond acceptors (Lipinski definition) is 2. The minimum atomic E-state index is -1.07. The Labute approximate surface area is 126 Å². The Bertz CT molecular complexity index is 802. The third-order valence-electron chi connectivity index (χ3n) is 3.17. The van der Waals surface area contributed by atoms with Gasteiger partial charge < -0.3 is 9.67 Å². The smallest absolute Gasteiger partial charge is 0.326 e. The summed E-state index contributed by atoms with van der Waals surface area (Å²) in [6.07, 6.45) is 6.88. The SMILES string of the molecule is C#Cc1ccc(Cl)cc1-c1ccn(C(C)C(=O)O)c(=O)c1. The van der Waals surface area contributed by atoms with Crippen molar-refractivity contribution in [2.75, 3.05) is 0 Å². The number of nitrogens with zero attached hydrogens (tertiary/aromatic N) is 1. The van der Waals surface area contributed by atoms with Gasteiger partial charge in [-0.2, -0.15) is 0 Å². The fourth-order valence-electron chi connectivity index (χ4n) is 1.98. The highest BCUT2D eigenvalue weighted by Crippen LogP contribution is 2.25. The first-order chi connectivity index (χ1) is 9.93. The van der Waals surface area contributed by atoms with Crippen LogP contribution in [0.2, 0.25) is 5.02 Å². The fraction of sp³-hybridized carbons (Fsp3) is 0.125. The van der Waals surface area contributed by atoms with Gasteiger partial charge in [-0.25, -0.2) is 4.79 Å². The molecule has 1 heterocycles. The zero-order valence-electron chi connectivity index (χ0n) is 11.2. The van der Waals surface area contributed by atoms with Crippen molar-refractivity contribution in [3.63, 3.8) is 0 Å². The zero-order chi connectivity index (χ0) is 15.6. The predicted octanol–water partition coefficient (Wildman–Crippen LogP) is 2.80. The number of aliphatic carboxylic acids is 1. The molecule has 1 aromatic heterocycles. The maximum atomic E-state index is 12.1. The highest BCUT2D eigenvalue weighted by atomic mass is 35.5. The molecule has 1 N–H and O–H groups in total. The van der Waals surface area contributed by atoms with Crippen LogP contribution in [0.5, 0.6) is 0 Å². The summed E-state index contributed by atoms with van der Waals surface area (Å²) in [6.45, 7) is 1.44. The van der Waals surface area contributed by atoms with E-state index in [1.807, 2.05) is 0 Å². The van der Waals surface area contributed by atoms with Crippen molar-refractivity contribution >= 4 is 17.6 Å². The second-order valence-corrected chi connectivity index (χ2v) is 4.95. The molecule has 2 aromatic rings. The fourth-order valence-corrected chi connectivity index (χ4v) is 2.15. The lowest BCUT2D eigenvalue weighted by Crippen LogP contribution is -2.26. The molecule has 0 bridgehead atoms. The summed E-state index contributed by atoms with van der Waals surface area (Å²) < 4.78 is 1.14. The summed E-state index contributed by atoms with van der Waals surface area (Å²) in [6, 6.07) is 7.12. The first-order valence-electron chi connectivity index (χ1n) is 6.15. The Morgan fingerprint density at radius 2 is 2.10 bits per heavy atom. The molecule has 0 spiro atoms. The van der Waals surface area contributed by atoms with Gasteiger partial charge in [0.25, 0.3) is 5.56 Å². The summed E-state index contributed by atoms with van der Waals surface area (Å²) in [5, 5.41) is 9.47. The maximum absolute atomic E-state index is 12.1. The van der Waals surface area contributed by atoms with Crippen LogP contribution in [-0.4, -0.2) is 15.6 Å². The van der Waals surface area contributed by atoms with E-state index in [1.165, 1.54) is 19.2 Å².